The van der Waals surface area contributed by atoms with E-state index in [-0.39, 0.29) is 29.0 Å². The van der Waals surface area contributed by atoms with Crippen LogP contribution >= 0.6 is 0 Å². The van der Waals surface area contributed by atoms with Gasteiger partial charge in [-0.1, -0.05) is 18.2 Å². The minimum Gasteiger partial charge on any atom is -0.321 e. The number of halogens is 3. The third-order valence-electron chi connectivity index (χ3n) is 4.49. The van der Waals surface area contributed by atoms with Gasteiger partial charge in [-0.15, -0.1) is 0 Å². The van der Waals surface area contributed by atoms with Gasteiger partial charge in [0.1, 0.15) is 6.33 Å². The predicted molar refractivity (Wildman–Crippen MR) is 98.4 cm³/mol. The first-order valence-corrected chi connectivity index (χ1v) is 8.52. The second-order valence-corrected chi connectivity index (χ2v) is 6.36. The number of hydrogen-bond donors (Lipinski definition) is 1. The highest BCUT2D eigenvalue weighted by atomic mass is 19.4. The number of carbonyl (C=O) groups excluding carboxylic acids is 2. The molecule has 0 spiro atoms. The highest BCUT2D eigenvalue weighted by Gasteiger charge is 2.34. The van der Waals surface area contributed by atoms with Crippen molar-refractivity contribution in [2.75, 3.05) is 10.2 Å². The number of nitrogens with zero attached hydrogens (tertiary/aromatic N) is 3. The number of hydrogen-bond acceptors (Lipinski definition) is 4. The number of aromatic nitrogens is 2. The fraction of sp³-hybridized carbons (Fsp3) is 0.100. The first-order valence-electron chi connectivity index (χ1n) is 8.52. The van der Waals surface area contributed by atoms with Crippen LogP contribution in [-0.4, -0.2) is 21.8 Å². The number of rotatable bonds is 3. The lowest BCUT2D eigenvalue weighted by Crippen LogP contribution is -2.24. The summed E-state index contributed by atoms with van der Waals surface area (Å²) in [7, 11) is 0. The molecule has 0 fully saturated rings. The Morgan fingerprint density at radius 1 is 1.07 bits per heavy atom. The molecule has 1 aliphatic rings. The maximum atomic E-state index is 13.0. The van der Waals surface area contributed by atoms with Gasteiger partial charge in [-0.25, -0.2) is 9.97 Å². The molecule has 0 saturated carbocycles. The van der Waals surface area contributed by atoms with E-state index in [0.717, 1.165) is 12.1 Å². The summed E-state index contributed by atoms with van der Waals surface area (Å²) in [6.07, 6.45) is -0.555. The topological polar surface area (TPSA) is 75.2 Å². The molecule has 0 bridgehead atoms. The molecule has 146 valence electrons. The van der Waals surface area contributed by atoms with E-state index in [1.165, 1.54) is 35.8 Å². The zero-order valence-corrected chi connectivity index (χ0v) is 14.8. The molecule has 1 aliphatic heterocycles. The van der Waals surface area contributed by atoms with Crippen molar-refractivity contribution in [2.24, 2.45) is 0 Å². The average Bonchev–Trinajstić information content (AvgIpc) is 3.06. The molecule has 2 aromatic carbocycles. The van der Waals surface area contributed by atoms with E-state index in [1.54, 1.807) is 18.2 Å². The van der Waals surface area contributed by atoms with Crippen LogP contribution in [0.4, 0.5) is 24.5 Å². The number of amides is 2. The van der Waals surface area contributed by atoms with Crippen LogP contribution in [0.2, 0.25) is 0 Å². The monoisotopic (exact) mass is 398 g/mol. The number of fused-ring (bicyclic) bond motifs is 1. The van der Waals surface area contributed by atoms with E-state index in [9.17, 15) is 22.8 Å². The zero-order chi connectivity index (χ0) is 20.6. The quantitative estimate of drug-likeness (QED) is 0.726. The first kappa shape index (κ1) is 18.6. The molecule has 0 saturated heterocycles. The second kappa shape index (κ2) is 7.01. The standard InChI is InChI=1S/C20H13F3N4O2/c21-20(22,23)14-4-2-5-15(7-14)27-10-12-3-1-6-16(17(12)19(27)29)26-18(28)13-8-24-11-25-9-13/h1-9,11H,10H2,(H,26,28). The highest BCUT2D eigenvalue weighted by molar-refractivity contribution is 6.16. The summed E-state index contributed by atoms with van der Waals surface area (Å²) in [5.41, 5.74) is 0.636. The Labute approximate surface area is 163 Å². The van der Waals surface area contributed by atoms with Crippen molar-refractivity contribution in [3.05, 3.63) is 83.4 Å². The summed E-state index contributed by atoms with van der Waals surface area (Å²) in [6.45, 7) is 0.105. The van der Waals surface area contributed by atoms with Gasteiger partial charge >= 0.3 is 6.18 Å². The molecule has 0 radical (unpaired) electrons. The number of anilines is 2. The van der Waals surface area contributed by atoms with Crippen LogP contribution in [0.1, 0.15) is 31.8 Å². The van der Waals surface area contributed by atoms with Crippen LogP contribution in [0, 0.1) is 0 Å². The fourth-order valence-electron chi connectivity index (χ4n) is 3.14. The van der Waals surface area contributed by atoms with Crippen molar-refractivity contribution >= 4 is 23.2 Å². The van der Waals surface area contributed by atoms with Crippen LogP contribution in [0.15, 0.2) is 61.2 Å². The van der Waals surface area contributed by atoms with Gasteiger partial charge in [0, 0.05) is 18.1 Å². The van der Waals surface area contributed by atoms with Gasteiger partial charge in [-0.3, -0.25) is 9.59 Å². The lowest BCUT2D eigenvalue weighted by atomic mass is 10.1. The average molecular weight is 398 g/mol. The Bertz CT molecular complexity index is 1100. The Balaban J connectivity index is 1.65. The number of carbonyl (C=O) groups is 2. The summed E-state index contributed by atoms with van der Waals surface area (Å²) < 4.78 is 39.1. The highest BCUT2D eigenvalue weighted by Crippen LogP contribution is 2.36. The van der Waals surface area contributed by atoms with E-state index in [4.69, 9.17) is 0 Å². The van der Waals surface area contributed by atoms with Crippen LogP contribution in [0.3, 0.4) is 0 Å². The van der Waals surface area contributed by atoms with Crippen molar-refractivity contribution in [1.82, 2.24) is 9.97 Å². The summed E-state index contributed by atoms with van der Waals surface area (Å²) in [5, 5.41) is 2.65. The normalized spacial score (nSPS) is 13.3. The Morgan fingerprint density at radius 3 is 2.52 bits per heavy atom. The molecule has 9 heteroatoms. The maximum absolute atomic E-state index is 13.0. The minimum atomic E-state index is -4.51. The molecule has 1 N–H and O–H groups in total. The zero-order valence-electron chi connectivity index (χ0n) is 14.8. The molecule has 2 heterocycles. The molecule has 29 heavy (non-hydrogen) atoms. The van der Waals surface area contributed by atoms with E-state index in [2.05, 4.69) is 15.3 Å². The largest absolute Gasteiger partial charge is 0.416 e. The summed E-state index contributed by atoms with van der Waals surface area (Å²) in [5.74, 6) is -0.983. The van der Waals surface area contributed by atoms with E-state index in [1.807, 2.05) is 0 Å². The molecule has 4 rings (SSSR count). The Kier molecular flexibility index (Phi) is 4.50. The molecule has 6 nitrogen and oxygen atoms in total. The van der Waals surface area contributed by atoms with Gasteiger partial charge < -0.3 is 10.2 Å². The van der Waals surface area contributed by atoms with Crippen molar-refractivity contribution in [3.63, 3.8) is 0 Å². The first-order chi connectivity index (χ1) is 13.8. The van der Waals surface area contributed by atoms with Crippen molar-refractivity contribution in [3.8, 4) is 0 Å². The van der Waals surface area contributed by atoms with Crippen molar-refractivity contribution < 1.29 is 22.8 Å². The summed E-state index contributed by atoms with van der Waals surface area (Å²) >= 11 is 0. The minimum absolute atomic E-state index is 0.105. The number of nitrogens with one attached hydrogen (secondary N) is 1. The third kappa shape index (κ3) is 3.54. The fourth-order valence-corrected chi connectivity index (χ4v) is 3.14. The SMILES string of the molecule is O=C(Nc1cccc2c1C(=O)N(c1cccc(C(F)(F)F)c1)C2)c1cncnc1. The van der Waals surface area contributed by atoms with Gasteiger partial charge in [0.25, 0.3) is 11.8 Å². The van der Waals surface area contributed by atoms with Crippen molar-refractivity contribution in [2.45, 2.75) is 12.7 Å². The molecule has 2 amide bonds. The molecule has 0 atom stereocenters. The van der Waals surface area contributed by atoms with Gasteiger partial charge in [0.05, 0.1) is 28.9 Å². The van der Waals surface area contributed by atoms with E-state index >= 15 is 0 Å². The molecular weight excluding hydrogens is 385 g/mol. The molecule has 1 aromatic heterocycles. The van der Waals surface area contributed by atoms with Crippen LogP contribution in [-0.2, 0) is 12.7 Å². The molecule has 0 aliphatic carbocycles. The molecular formula is C20H13F3N4O2. The molecule has 0 unspecified atom stereocenters. The van der Waals surface area contributed by atoms with Gasteiger partial charge in [-0.05, 0) is 29.8 Å². The number of alkyl halides is 3. The summed E-state index contributed by atoms with van der Waals surface area (Å²) in [4.78, 5) is 34.2. The Hall–Kier alpha value is -3.75. The van der Waals surface area contributed by atoms with Gasteiger partial charge in [0.2, 0.25) is 0 Å². The van der Waals surface area contributed by atoms with Crippen LogP contribution in [0.5, 0.6) is 0 Å². The second-order valence-electron chi connectivity index (χ2n) is 6.36. The number of benzene rings is 2. The van der Waals surface area contributed by atoms with Crippen LogP contribution < -0.4 is 10.2 Å². The predicted octanol–water partition coefficient (Wildman–Crippen LogP) is 3.91. The van der Waals surface area contributed by atoms with E-state index < -0.39 is 23.6 Å². The van der Waals surface area contributed by atoms with Crippen molar-refractivity contribution in [1.29, 1.82) is 0 Å². The summed E-state index contributed by atoms with van der Waals surface area (Å²) in [6, 6.07) is 9.51. The Morgan fingerprint density at radius 2 is 1.79 bits per heavy atom. The van der Waals surface area contributed by atoms with Gasteiger partial charge in [-0.2, -0.15) is 13.2 Å². The maximum Gasteiger partial charge on any atom is 0.416 e. The third-order valence-corrected chi connectivity index (χ3v) is 4.49. The lowest BCUT2D eigenvalue weighted by Gasteiger charge is -2.17. The smallest absolute Gasteiger partial charge is 0.321 e. The van der Waals surface area contributed by atoms with E-state index in [0.29, 0.717) is 5.56 Å². The van der Waals surface area contributed by atoms with Crippen LogP contribution in [0.25, 0.3) is 0 Å². The van der Waals surface area contributed by atoms with Gasteiger partial charge in [0.15, 0.2) is 0 Å². The lowest BCUT2D eigenvalue weighted by molar-refractivity contribution is -0.137. The molecule has 3 aromatic rings.